The molecule has 2 N–H and O–H groups in total. The van der Waals surface area contributed by atoms with Crippen LogP contribution < -0.4 is 15.4 Å². The zero-order valence-electron chi connectivity index (χ0n) is 17.2. The second kappa shape index (κ2) is 8.02. The van der Waals surface area contributed by atoms with Crippen molar-refractivity contribution in [2.24, 2.45) is 0 Å². The summed E-state index contributed by atoms with van der Waals surface area (Å²) in [4.78, 5) is 25.2. The van der Waals surface area contributed by atoms with Crippen molar-refractivity contribution in [3.8, 4) is 16.9 Å². The van der Waals surface area contributed by atoms with Gasteiger partial charge in [0, 0.05) is 11.3 Å². The smallest absolute Gasteiger partial charge is 0.251 e. The van der Waals surface area contributed by atoms with E-state index in [-0.39, 0.29) is 18.2 Å². The lowest BCUT2D eigenvalue weighted by molar-refractivity contribution is -0.123. The summed E-state index contributed by atoms with van der Waals surface area (Å²) in [5.41, 5.74) is 4.63. The molecule has 1 atom stereocenters. The number of rotatable bonds is 6. The third kappa shape index (κ3) is 3.66. The highest BCUT2D eigenvalue weighted by molar-refractivity contribution is 6.04. The van der Waals surface area contributed by atoms with Crippen LogP contribution in [0.25, 0.3) is 11.1 Å². The minimum atomic E-state index is -0.678. The number of benzene rings is 2. The van der Waals surface area contributed by atoms with Gasteiger partial charge in [0.15, 0.2) is 0 Å². The molecule has 4 rings (SSSR count). The van der Waals surface area contributed by atoms with Crippen LogP contribution in [0.3, 0.4) is 0 Å². The predicted molar refractivity (Wildman–Crippen MR) is 116 cm³/mol. The molecule has 1 unspecified atom stereocenters. The lowest BCUT2D eigenvalue weighted by Crippen LogP contribution is -2.23. The molecule has 1 aliphatic rings. The number of nitrogens with one attached hydrogen (secondary N) is 2. The SMILES string of the molecule is CCc1nn2c(c1-c1ccc(C)cc1)NC(=O)C2CC(=O)Nc1ccc(OC)cc1. The van der Waals surface area contributed by atoms with Crippen LogP contribution in [0.4, 0.5) is 11.5 Å². The molecule has 2 aromatic carbocycles. The van der Waals surface area contributed by atoms with Gasteiger partial charge in [-0.3, -0.25) is 9.59 Å². The topological polar surface area (TPSA) is 85.2 Å². The monoisotopic (exact) mass is 404 g/mol. The second-order valence-corrected chi connectivity index (χ2v) is 7.32. The first-order chi connectivity index (χ1) is 14.5. The number of hydrogen-bond donors (Lipinski definition) is 2. The van der Waals surface area contributed by atoms with Crippen LogP contribution in [0.1, 0.15) is 30.6 Å². The van der Waals surface area contributed by atoms with Gasteiger partial charge in [-0.25, -0.2) is 4.68 Å². The van der Waals surface area contributed by atoms with Gasteiger partial charge < -0.3 is 15.4 Å². The number of methoxy groups -OCH3 is 1. The molecular formula is C23H24N4O3. The maximum atomic E-state index is 12.6. The highest BCUT2D eigenvalue weighted by atomic mass is 16.5. The quantitative estimate of drug-likeness (QED) is 0.651. The van der Waals surface area contributed by atoms with Crippen LogP contribution in [0.2, 0.25) is 0 Å². The number of aryl methyl sites for hydroxylation is 2. The Labute approximate surface area is 175 Å². The summed E-state index contributed by atoms with van der Waals surface area (Å²) < 4.78 is 6.78. The molecule has 0 bridgehead atoms. The fourth-order valence-electron chi connectivity index (χ4n) is 3.65. The molecule has 1 aromatic heterocycles. The third-order valence-electron chi connectivity index (χ3n) is 5.25. The summed E-state index contributed by atoms with van der Waals surface area (Å²) in [6, 6.07) is 14.5. The molecule has 3 aromatic rings. The first-order valence-electron chi connectivity index (χ1n) is 9.93. The molecule has 0 spiro atoms. The Kier molecular flexibility index (Phi) is 5.27. The number of amides is 2. The minimum Gasteiger partial charge on any atom is -0.497 e. The van der Waals surface area contributed by atoms with Crippen molar-refractivity contribution >= 4 is 23.3 Å². The minimum absolute atomic E-state index is 0.00301. The van der Waals surface area contributed by atoms with Crippen LogP contribution in [0.5, 0.6) is 5.75 Å². The predicted octanol–water partition coefficient (Wildman–Crippen LogP) is 3.95. The molecule has 0 saturated carbocycles. The number of anilines is 2. The zero-order valence-corrected chi connectivity index (χ0v) is 17.2. The van der Waals surface area contributed by atoms with Gasteiger partial charge >= 0.3 is 0 Å². The van der Waals surface area contributed by atoms with E-state index in [1.165, 1.54) is 0 Å². The Morgan fingerprint density at radius 2 is 1.87 bits per heavy atom. The molecule has 154 valence electrons. The number of ether oxygens (including phenoxy) is 1. The average Bonchev–Trinajstić information content (AvgIpc) is 3.24. The highest BCUT2D eigenvalue weighted by Crippen LogP contribution is 2.38. The van der Waals surface area contributed by atoms with Gasteiger partial charge in [-0.2, -0.15) is 5.10 Å². The first-order valence-corrected chi connectivity index (χ1v) is 9.93. The first kappa shape index (κ1) is 19.7. The van der Waals surface area contributed by atoms with Crippen molar-refractivity contribution in [3.05, 3.63) is 59.8 Å². The highest BCUT2D eigenvalue weighted by Gasteiger charge is 2.36. The van der Waals surface area contributed by atoms with E-state index in [0.717, 1.165) is 28.8 Å². The van der Waals surface area contributed by atoms with E-state index in [1.54, 1.807) is 36.1 Å². The Morgan fingerprint density at radius 3 is 2.50 bits per heavy atom. The maximum absolute atomic E-state index is 12.6. The van der Waals surface area contributed by atoms with Crippen LogP contribution in [-0.4, -0.2) is 28.7 Å². The van der Waals surface area contributed by atoms with E-state index in [4.69, 9.17) is 4.74 Å². The number of aromatic nitrogens is 2. The lowest BCUT2D eigenvalue weighted by atomic mass is 10.0. The largest absolute Gasteiger partial charge is 0.497 e. The average molecular weight is 404 g/mol. The van der Waals surface area contributed by atoms with E-state index < -0.39 is 6.04 Å². The van der Waals surface area contributed by atoms with Gasteiger partial charge in [0.25, 0.3) is 5.91 Å². The van der Waals surface area contributed by atoms with Crippen molar-refractivity contribution in [1.82, 2.24) is 9.78 Å². The fraction of sp³-hybridized carbons (Fsp3) is 0.261. The summed E-state index contributed by atoms with van der Waals surface area (Å²) in [5.74, 6) is 0.889. The van der Waals surface area contributed by atoms with Crippen molar-refractivity contribution in [3.63, 3.8) is 0 Å². The second-order valence-electron chi connectivity index (χ2n) is 7.32. The number of nitrogens with zero attached hydrogens (tertiary/aromatic N) is 2. The lowest BCUT2D eigenvalue weighted by Gasteiger charge is -2.10. The fourth-order valence-corrected chi connectivity index (χ4v) is 3.65. The number of carbonyl (C=O) groups excluding carboxylic acids is 2. The Bertz CT molecular complexity index is 1080. The van der Waals surface area contributed by atoms with E-state index in [1.807, 2.05) is 38.1 Å². The molecular weight excluding hydrogens is 380 g/mol. The van der Waals surface area contributed by atoms with Gasteiger partial charge in [-0.05, 0) is 43.2 Å². The van der Waals surface area contributed by atoms with Gasteiger partial charge in [0.05, 0.1) is 19.2 Å². The molecule has 7 nitrogen and oxygen atoms in total. The number of fused-ring (bicyclic) bond motifs is 1. The standard InChI is InChI=1S/C23H24N4O3/c1-4-18-21(15-7-5-14(2)6-8-15)22-25-23(29)19(27(22)26-18)13-20(28)24-16-9-11-17(30-3)12-10-16/h5-12,19H,4,13H2,1-3H3,(H,24,28)(H,25,29). The Morgan fingerprint density at radius 1 is 1.17 bits per heavy atom. The summed E-state index contributed by atoms with van der Waals surface area (Å²) >= 11 is 0. The molecule has 0 aliphatic carbocycles. The maximum Gasteiger partial charge on any atom is 0.251 e. The molecule has 0 radical (unpaired) electrons. The summed E-state index contributed by atoms with van der Waals surface area (Å²) in [5, 5.41) is 10.4. The van der Waals surface area contributed by atoms with Crippen molar-refractivity contribution in [1.29, 1.82) is 0 Å². The van der Waals surface area contributed by atoms with Gasteiger partial charge in [0.2, 0.25) is 5.91 Å². The Hall–Kier alpha value is -3.61. The van der Waals surface area contributed by atoms with E-state index in [9.17, 15) is 9.59 Å². The summed E-state index contributed by atoms with van der Waals surface area (Å²) in [6.45, 7) is 4.06. The van der Waals surface area contributed by atoms with Crippen molar-refractivity contribution in [2.75, 3.05) is 17.7 Å². The third-order valence-corrected chi connectivity index (χ3v) is 5.25. The van der Waals surface area contributed by atoms with Crippen LogP contribution in [0, 0.1) is 6.92 Å². The summed E-state index contributed by atoms with van der Waals surface area (Å²) in [6.07, 6.45) is 0.729. The van der Waals surface area contributed by atoms with Crippen LogP contribution in [-0.2, 0) is 16.0 Å². The molecule has 30 heavy (non-hydrogen) atoms. The zero-order chi connectivity index (χ0) is 21.3. The molecule has 1 aliphatic heterocycles. The van der Waals surface area contributed by atoms with Gasteiger partial charge in [-0.1, -0.05) is 36.8 Å². The Balaban J connectivity index is 1.57. The van der Waals surface area contributed by atoms with E-state index in [0.29, 0.717) is 17.3 Å². The normalized spacial score (nSPS) is 14.9. The van der Waals surface area contributed by atoms with E-state index in [2.05, 4.69) is 15.7 Å². The molecule has 0 fully saturated rings. The van der Waals surface area contributed by atoms with Crippen molar-refractivity contribution < 1.29 is 14.3 Å². The molecule has 2 heterocycles. The summed E-state index contributed by atoms with van der Waals surface area (Å²) in [7, 11) is 1.59. The number of hydrogen-bond acceptors (Lipinski definition) is 4. The van der Waals surface area contributed by atoms with Crippen LogP contribution >= 0.6 is 0 Å². The van der Waals surface area contributed by atoms with E-state index >= 15 is 0 Å². The molecule has 2 amide bonds. The van der Waals surface area contributed by atoms with Gasteiger partial charge in [-0.15, -0.1) is 0 Å². The number of carbonyl (C=O) groups is 2. The van der Waals surface area contributed by atoms with Crippen molar-refractivity contribution in [2.45, 2.75) is 32.7 Å². The molecule has 0 saturated heterocycles. The van der Waals surface area contributed by atoms with Crippen LogP contribution in [0.15, 0.2) is 48.5 Å². The molecule has 7 heteroatoms. The van der Waals surface area contributed by atoms with Gasteiger partial charge in [0.1, 0.15) is 17.6 Å².